The summed E-state index contributed by atoms with van der Waals surface area (Å²) in [7, 11) is 2.23. The van der Waals surface area contributed by atoms with Crippen LogP contribution in [0.25, 0.3) is 0 Å². The Kier molecular flexibility index (Phi) is 4.01. The number of rotatable bonds is 2. The van der Waals surface area contributed by atoms with E-state index in [4.69, 9.17) is 0 Å². The van der Waals surface area contributed by atoms with Gasteiger partial charge in [-0.1, -0.05) is 6.42 Å². The number of hydrogen-bond acceptors (Lipinski definition) is 3. The van der Waals surface area contributed by atoms with E-state index in [2.05, 4.69) is 22.3 Å². The molecule has 2 aliphatic rings. The number of likely N-dealkylation sites (tertiary alicyclic amines) is 1. The van der Waals surface area contributed by atoms with E-state index < -0.39 is 0 Å². The molecule has 0 spiro atoms. The molecular weight excluding hydrogens is 186 g/mol. The van der Waals surface area contributed by atoms with Gasteiger partial charge in [0, 0.05) is 25.6 Å². The van der Waals surface area contributed by atoms with Crippen molar-refractivity contribution in [3.05, 3.63) is 0 Å². The third kappa shape index (κ3) is 3.20. The second-order valence-corrected chi connectivity index (χ2v) is 4.80. The van der Waals surface area contributed by atoms with Gasteiger partial charge in [-0.25, -0.2) is 0 Å². The van der Waals surface area contributed by atoms with Crippen molar-refractivity contribution in [2.45, 2.75) is 44.6 Å². The van der Waals surface area contributed by atoms with Gasteiger partial charge in [-0.05, 0) is 39.3 Å². The zero-order valence-electron chi connectivity index (χ0n) is 9.84. The highest BCUT2D eigenvalue weighted by Gasteiger charge is 2.20. The maximum Gasteiger partial charge on any atom is 0.0963 e. The minimum absolute atomic E-state index is 0.732. The number of nitrogens with one attached hydrogen (secondary N) is 1. The van der Waals surface area contributed by atoms with E-state index in [1.807, 2.05) is 0 Å². The third-order valence-corrected chi connectivity index (χ3v) is 3.59. The molecule has 1 fully saturated rings. The van der Waals surface area contributed by atoms with Gasteiger partial charge in [0.05, 0.1) is 5.84 Å². The first-order valence-electron chi connectivity index (χ1n) is 6.34. The first-order valence-corrected chi connectivity index (χ1v) is 6.34. The maximum absolute atomic E-state index is 4.60. The Balaban J connectivity index is 1.74. The predicted octanol–water partition coefficient (Wildman–Crippen LogP) is 1.64. The molecule has 2 heterocycles. The van der Waals surface area contributed by atoms with E-state index in [-0.39, 0.29) is 0 Å². The van der Waals surface area contributed by atoms with Gasteiger partial charge < -0.3 is 10.2 Å². The monoisotopic (exact) mass is 209 g/mol. The topological polar surface area (TPSA) is 27.6 Å². The van der Waals surface area contributed by atoms with Crippen LogP contribution in [-0.4, -0.2) is 43.5 Å². The van der Waals surface area contributed by atoms with Crippen LogP contribution in [0.5, 0.6) is 0 Å². The van der Waals surface area contributed by atoms with E-state index in [1.54, 1.807) is 0 Å². The van der Waals surface area contributed by atoms with Crippen molar-refractivity contribution in [1.82, 2.24) is 10.2 Å². The highest BCUT2D eigenvalue weighted by Crippen LogP contribution is 2.14. The lowest BCUT2D eigenvalue weighted by atomic mass is 10.2. The number of likely N-dealkylation sites (N-methyl/N-ethyl adjacent to an activating group) is 1. The lowest BCUT2D eigenvalue weighted by molar-refractivity contribution is 0.310. The van der Waals surface area contributed by atoms with Crippen LogP contribution in [-0.2, 0) is 0 Å². The lowest BCUT2D eigenvalue weighted by Gasteiger charge is -2.20. The molecule has 86 valence electrons. The van der Waals surface area contributed by atoms with Gasteiger partial charge in [0.25, 0.3) is 0 Å². The highest BCUT2D eigenvalue weighted by molar-refractivity contribution is 5.82. The molecule has 15 heavy (non-hydrogen) atoms. The molecular formula is C12H23N3. The molecule has 0 radical (unpaired) electrons. The molecule has 3 heteroatoms. The zero-order valence-corrected chi connectivity index (χ0v) is 9.84. The van der Waals surface area contributed by atoms with Crippen LogP contribution in [0.2, 0.25) is 0 Å². The normalized spacial score (nSPS) is 28.6. The Bertz CT molecular complexity index is 225. The van der Waals surface area contributed by atoms with Crippen LogP contribution in [0.3, 0.4) is 0 Å². The number of amidine groups is 1. The van der Waals surface area contributed by atoms with Crippen LogP contribution in [0.4, 0.5) is 0 Å². The fraction of sp³-hybridized carbons (Fsp3) is 0.917. The number of aliphatic imine (C=N–C) groups is 1. The molecule has 3 nitrogen and oxygen atoms in total. The summed E-state index contributed by atoms with van der Waals surface area (Å²) in [6.07, 6.45) is 7.79. The number of nitrogens with zero attached hydrogens (tertiary/aromatic N) is 2. The molecule has 0 aromatic carbocycles. The molecule has 0 saturated carbocycles. The summed E-state index contributed by atoms with van der Waals surface area (Å²) in [5, 5.41) is 3.54. The maximum atomic E-state index is 4.60. The summed E-state index contributed by atoms with van der Waals surface area (Å²) in [5.74, 6) is 1.26. The summed E-state index contributed by atoms with van der Waals surface area (Å²) in [6.45, 7) is 3.39. The van der Waals surface area contributed by atoms with Crippen molar-refractivity contribution < 1.29 is 0 Å². The summed E-state index contributed by atoms with van der Waals surface area (Å²) in [5.41, 5.74) is 0. The smallest absolute Gasteiger partial charge is 0.0963 e. The fourth-order valence-electron chi connectivity index (χ4n) is 2.49. The fourth-order valence-corrected chi connectivity index (χ4v) is 2.49. The Morgan fingerprint density at radius 2 is 2.27 bits per heavy atom. The van der Waals surface area contributed by atoms with Crippen molar-refractivity contribution in [1.29, 1.82) is 0 Å². The largest absolute Gasteiger partial charge is 0.372 e. The Morgan fingerprint density at radius 3 is 3.07 bits per heavy atom. The van der Waals surface area contributed by atoms with Crippen molar-refractivity contribution >= 4 is 5.84 Å². The minimum atomic E-state index is 0.732. The predicted molar refractivity (Wildman–Crippen MR) is 64.4 cm³/mol. The average Bonchev–Trinajstić information content (AvgIpc) is 2.53. The van der Waals surface area contributed by atoms with E-state index in [1.165, 1.54) is 44.5 Å². The second-order valence-electron chi connectivity index (χ2n) is 4.80. The molecule has 0 bridgehead atoms. The summed E-state index contributed by atoms with van der Waals surface area (Å²) < 4.78 is 0. The van der Waals surface area contributed by atoms with Gasteiger partial charge in [0.2, 0.25) is 0 Å². The molecule has 1 unspecified atom stereocenters. The van der Waals surface area contributed by atoms with Crippen molar-refractivity contribution in [2.75, 3.05) is 26.7 Å². The van der Waals surface area contributed by atoms with Crippen LogP contribution in [0.15, 0.2) is 4.99 Å². The molecule has 0 aromatic heterocycles. The highest BCUT2D eigenvalue weighted by atomic mass is 15.2. The quantitative estimate of drug-likeness (QED) is 0.749. The Hall–Kier alpha value is -0.570. The van der Waals surface area contributed by atoms with Crippen LogP contribution < -0.4 is 5.32 Å². The molecule has 1 N–H and O–H groups in total. The minimum Gasteiger partial charge on any atom is -0.372 e. The second kappa shape index (κ2) is 5.50. The van der Waals surface area contributed by atoms with Crippen molar-refractivity contribution in [2.24, 2.45) is 4.99 Å². The van der Waals surface area contributed by atoms with E-state index in [0.717, 1.165) is 25.6 Å². The van der Waals surface area contributed by atoms with Gasteiger partial charge in [-0.2, -0.15) is 0 Å². The van der Waals surface area contributed by atoms with E-state index in [0.29, 0.717) is 0 Å². The van der Waals surface area contributed by atoms with Crippen LogP contribution in [0, 0.1) is 0 Å². The van der Waals surface area contributed by atoms with E-state index >= 15 is 0 Å². The zero-order chi connectivity index (χ0) is 10.5. The molecule has 0 aromatic rings. The number of hydrogen-bond donors (Lipinski definition) is 1. The van der Waals surface area contributed by atoms with Crippen LogP contribution in [0.1, 0.15) is 38.5 Å². The summed E-state index contributed by atoms with van der Waals surface area (Å²) in [4.78, 5) is 7.06. The molecule has 1 saturated heterocycles. The van der Waals surface area contributed by atoms with Gasteiger partial charge >= 0.3 is 0 Å². The van der Waals surface area contributed by atoms with Gasteiger partial charge in [0.15, 0.2) is 0 Å². The third-order valence-electron chi connectivity index (χ3n) is 3.59. The first-order chi connectivity index (χ1) is 7.36. The van der Waals surface area contributed by atoms with Crippen molar-refractivity contribution in [3.8, 4) is 0 Å². The summed E-state index contributed by atoms with van der Waals surface area (Å²) in [6, 6.07) is 0.732. The molecule has 0 aliphatic carbocycles. The molecule has 1 atom stereocenters. The molecule has 2 rings (SSSR count). The van der Waals surface area contributed by atoms with Crippen molar-refractivity contribution in [3.63, 3.8) is 0 Å². The Morgan fingerprint density at radius 1 is 1.33 bits per heavy atom. The van der Waals surface area contributed by atoms with Gasteiger partial charge in [0.1, 0.15) is 0 Å². The average molecular weight is 209 g/mol. The van der Waals surface area contributed by atoms with E-state index in [9.17, 15) is 0 Å². The lowest BCUT2D eigenvalue weighted by Crippen LogP contribution is -2.38. The molecule has 0 amide bonds. The first kappa shape index (κ1) is 10.9. The summed E-state index contributed by atoms with van der Waals surface area (Å²) >= 11 is 0. The Labute approximate surface area is 92.9 Å². The van der Waals surface area contributed by atoms with Gasteiger partial charge in [-0.15, -0.1) is 0 Å². The SMILES string of the molecule is CN1CCCC1CNC1=NCCCCC1. The van der Waals surface area contributed by atoms with Gasteiger partial charge in [-0.3, -0.25) is 4.99 Å². The standard InChI is InChI=1S/C12H23N3/c1-15-9-5-6-11(15)10-14-12-7-3-2-4-8-13-12/h11H,2-10H2,1H3,(H,13,14). The molecule has 2 aliphatic heterocycles. The van der Waals surface area contributed by atoms with Crippen LogP contribution >= 0.6 is 0 Å².